The fraction of sp³-hybridized carbons (Fsp3) is 0.346. The Morgan fingerprint density at radius 3 is 2.55 bits per heavy atom. The van der Waals surface area contributed by atoms with Gasteiger partial charge in [-0.2, -0.15) is 0 Å². The summed E-state index contributed by atoms with van der Waals surface area (Å²) < 4.78 is 16.3. The van der Waals surface area contributed by atoms with Crippen molar-refractivity contribution in [2.45, 2.75) is 51.0 Å². The summed E-state index contributed by atoms with van der Waals surface area (Å²) >= 11 is 0. The zero-order chi connectivity index (χ0) is 23.0. The number of para-hydroxylation sites is 1. The highest BCUT2D eigenvalue weighted by Gasteiger charge is 2.20. The second-order valence-electron chi connectivity index (χ2n) is 8.19. The van der Waals surface area contributed by atoms with Crippen molar-refractivity contribution in [2.75, 3.05) is 6.61 Å². The van der Waals surface area contributed by atoms with E-state index in [9.17, 15) is 14.4 Å². The number of rotatable bonds is 8. The monoisotopic (exact) mass is 449 g/mol. The van der Waals surface area contributed by atoms with E-state index in [-0.39, 0.29) is 29.4 Å². The number of benzene rings is 2. The fourth-order valence-electron chi connectivity index (χ4n) is 3.93. The molecule has 7 nitrogen and oxygen atoms in total. The van der Waals surface area contributed by atoms with E-state index in [1.165, 1.54) is 18.6 Å². The van der Waals surface area contributed by atoms with E-state index in [1.54, 1.807) is 12.1 Å². The van der Waals surface area contributed by atoms with Gasteiger partial charge in [0.15, 0.2) is 0 Å². The van der Waals surface area contributed by atoms with Gasteiger partial charge in [0.2, 0.25) is 0 Å². The van der Waals surface area contributed by atoms with Gasteiger partial charge in [0, 0.05) is 23.9 Å². The second-order valence-corrected chi connectivity index (χ2v) is 8.19. The molecule has 2 aromatic carbocycles. The van der Waals surface area contributed by atoms with Crippen LogP contribution in [0.3, 0.4) is 0 Å². The molecule has 0 atom stereocenters. The van der Waals surface area contributed by atoms with Crippen LogP contribution in [-0.2, 0) is 4.79 Å². The first-order valence-electron chi connectivity index (χ1n) is 11.4. The summed E-state index contributed by atoms with van der Waals surface area (Å²) in [4.78, 5) is 37.1. The van der Waals surface area contributed by atoms with Crippen LogP contribution in [0.4, 0.5) is 0 Å². The summed E-state index contributed by atoms with van der Waals surface area (Å²) in [7, 11) is 0. The predicted molar refractivity (Wildman–Crippen MR) is 124 cm³/mol. The Morgan fingerprint density at radius 1 is 0.970 bits per heavy atom. The van der Waals surface area contributed by atoms with E-state index in [0.717, 1.165) is 31.4 Å². The Labute approximate surface area is 191 Å². The summed E-state index contributed by atoms with van der Waals surface area (Å²) in [6.07, 6.45) is 5.90. The van der Waals surface area contributed by atoms with Crippen molar-refractivity contribution in [3.05, 3.63) is 70.6 Å². The molecule has 4 rings (SSSR count). The molecule has 0 unspecified atom stereocenters. The first-order valence-corrected chi connectivity index (χ1v) is 11.4. The molecule has 1 aromatic heterocycles. The lowest BCUT2D eigenvalue weighted by molar-refractivity contribution is -0.134. The van der Waals surface area contributed by atoms with Gasteiger partial charge in [-0.05, 0) is 49.6 Å². The molecule has 172 valence electrons. The molecule has 1 fully saturated rings. The molecule has 1 aliphatic carbocycles. The largest absolute Gasteiger partial charge is 0.494 e. The number of carbonyl (C=O) groups is 2. The van der Waals surface area contributed by atoms with Crippen LogP contribution in [0.15, 0.2) is 63.8 Å². The molecular formula is C26H27NO6. The summed E-state index contributed by atoms with van der Waals surface area (Å²) in [5.41, 5.74) is -0.472. The second kappa shape index (κ2) is 10.8. The van der Waals surface area contributed by atoms with Crippen LogP contribution in [-0.4, -0.2) is 24.5 Å². The molecule has 0 spiro atoms. The zero-order valence-corrected chi connectivity index (χ0v) is 18.4. The first-order chi connectivity index (χ1) is 16.1. The number of esters is 1. The number of hydrogen-bond acceptors (Lipinski definition) is 6. The number of carbonyl (C=O) groups excluding carboxylic acids is 2. The van der Waals surface area contributed by atoms with Gasteiger partial charge in [0.25, 0.3) is 5.91 Å². The lowest BCUT2D eigenvalue weighted by Crippen LogP contribution is -2.38. The minimum Gasteiger partial charge on any atom is -0.494 e. The molecule has 0 aliphatic heterocycles. The van der Waals surface area contributed by atoms with Crippen molar-refractivity contribution in [2.24, 2.45) is 0 Å². The Bertz CT molecular complexity index is 1160. The maximum absolute atomic E-state index is 12.6. The molecule has 1 aliphatic rings. The maximum Gasteiger partial charge on any atom is 0.349 e. The third kappa shape index (κ3) is 6.22. The quantitative estimate of drug-likeness (QED) is 0.233. The lowest BCUT2D eigenvalue weighted by Gasteiger charge is -2.22. The molecule has 33 heavy (non-hydrogen) atoms. The van der Waals surface area contributed by atoms with Crippen LogP contribution in [0.1, 0.15) is 55.3 Å². The van der Waals surface area contributed by atoms with Crippen LogP contribution >= 0.6 is 0 Å². The highest BCUT2D eigenvalue weighted by Crippen LogP contribution is 2.22. The molecule has 7 heteroatoms. The van der Waals surface area contributed by atoms with E-state index in [4.69, 9.17) is 13.9 Å². The zero-order valence-electron chi connectivity index (χ0n) is 18.4. The third-order valence-electron chi connectivity index (χ3n) is 5.66. The Balaban J connectivity index is 1.33. The average Bonchev–Trinajstić information content (AvgIpc) is 2.82. The normalized spacial score (nSPS) is 14.1. The van der Waals surface area contributed by atoms with Crippen molar-refractivity contribution >= 4 is 22.8 Å². The molecule has 1 saturated carbocycles. The molecular weight excluding hydrogens is 422 g/mol. The molecule has 0 bridgehead atoms. The fourth-order valence-corrected chi connectivity index (χ4v) is 3.93. The number of amides is 1. The van der Waals surface area contributed by atoms with Gasteiger partial charge >= 0.3 is 11.6 Å². The van der Waals surface area contributed by atoms with Gasteiger partial charge in [-0.3, -0.25) is 9.59 Å². The van der Waals surface area contributed by atoms with Crippen LogP contribution in [0.2, 0.25) is 0 Å². The molecule has 3 aromatic rings. The van der Waals surface area contributed by atoms with E-state index in [0.29, 0.717) is 18.4 Å². The average molecular weight is 450 g/mol. The van der Waals surface area contributed by atoms with Crippen molar-refractivity contribution in [3.63, 3.8) is 0 Å². The highest BCUT2D eigenvalue weighted by atomic mass is 16.5. The van der Waals surface area contributed by atoms with Gasteiger partial charge in [-0.15, -0.1) is 0 Å². The van der Waals surface area contributed by atoms with Crippen molar-refractivity contribution in [1.29, 1.82) is 0 Å². The van der Waals surface area contributed by atoms with Gasteiger partial charge in [-0.1, -0.05) is 37.5 Å². The third-order valence-corrected chi connectivity index (χ3v) is 5.66. The molecule has 1 heterocycles. The van der Waals surface area contributed by atoms with E-state index < -0.39 is 17.5 Å². The van der Waals surface area contributed by atoms with Crippen molar-refractivity contribution in [3.8, 4) is 11.5 Å². The Hall–Kier alpha value is -3.61. The summed E-state index contributed by atoms with van der Waals surface area (Å²) in [6.45, 7) is 0.400. The van der Waals surface area contributed by atoms with Crippen LogP contribution in [0.5, 0.6) is 11.5 Å². The smallest absolute Gasteiger partial charge is 0.349 e. The van der Waals surface area contributed by atoms with E-state index in [1.807, 2.05) is 30.3 Å². The lowest BCUT2D eigenvalue weighted by atomic mass is 9.95. The van der Waals surface area contributed by atoms with Crippen molar-refractivity contribution < 1.29 is 23.5 Å². The molecule has 0 radical (unpaired) electrons. The topological polar surface area (TPSA) is 94.8 Å². The Kier molecular flexibility index (Phi) is 7.40. The standard InChI is InChI=1S/C26H27NO6/c28-24(12-7-15-31-20-10-5-2-6-11-20)32-21-14-13-18-16-22(26(30)33-23(18)17-21)25(29)27-19-8-3-1-4-9-19/h2,5-6,10-11,13-14,16-17,19H,1,3-4,7-9,12,15H2,(H,27,29). The summed E-state index contributed by atoms with van der Waals surface area (Å²) in [5.74, 6) is 0.212. The summed E-state index contributed by atoms with van der Waals surface area (Å²) in [5, 5.41) is 3.52. The Morgan fingerprint density at radius 2 is 1.76 bits per heavy atom. The number of nitrogens with one attached hydrogen (secondary N) is 1. The summed E-state index contributed by atoms with van der Waals surface area (Å²) in [6, 6.07) is 15.8. The molecule has 1 N–H and O–H groups in total. The predicted octanol–water partition coefficient (Wildman–Crippen LogP) is 4.62. The minimum absolute atomic E-state index is 0.0174. The molecule has 1 amide bonds. The maximum atomic E-state index is 12.6. The van der Waals surface area contributed by atoms with Gasteiger partial charge in [0.1, 0.15) is 22.6 Å². The minimum atomic E-state index is -0.711. The van der Waals surface area contributed by atoms with Crippen LogP contribution in [0, 0.1) is 0 Å². The van der Waals surface area contributed by atoms with Crippen molar-refractivity contribution in [1.82, 2.24) is 5.32 Å². The highest BCUT2D eigenvalue weighted by molar-refractivity contribution is 5.97. The van der Waals surface area contributed by atoms with Gasteiger partial charge < -0.3 is 19.2 Å². The van der Waals surface area contributed by atoms with Crippen LogP contribution in [0.25, 0.3) is 11.0 Å². The van der Waals surface area contributed by atoms with E-state index >= 15 is 0 Å². The molecule has 0 saturated heterocycles. The van der Waals surface area contributed by atoms with Crippen LogP contribution < -0.4 is 20.4 Å². The van der Waals surface area contributed by atoms with Gasteiger partial charge in [-0.25, -0.2) is 4.79 Å². The SMILES string of the molecule is O=C(CCCOc1ccccc1)Oc1ccc2cc(C(=O)NC3CCCCC3)c(=O)oc2c1. The van der Waals surface area contributed by atoms with E-state index in [2.05, 4.69) is 5.32 Å². The number of hydrogen-bond donors (Lipinski definition) is 1. The number of ether oxygens (including phenoxy) is 2. The first kappa shape index (κ1) is 22.6. The number of fused-ring (bicyclic) bond motifs is 1. The van der Waals surface area contributed by atoms with Gasteiger partial charge in [0.05, 0.1) is 6.61 Å².